The summed E-state index contributed by atoms with van der Waals surface area (Å²) in [4.78, 5) is 10.8. The quantitative estimate of drug-likeness (QED) is 0.851. The second-order valence-corrected chi connectivity index (χ2v) is 4.22. The van der Waals surface area contributed by atoms with Gasteiger partial charge in [0.15, 0.2) is 0 Å². The first-order chi connectivity index (χ1) is 7.72. The first-order valence-corrected chi connectivity index (χ1v) is 5.60. The standard InChI is InChI=1S/C13H16O3/c1-16-12-7-3-5-10-9(8-13(14)15)4-2-6-11(10)12/h3,5,7,9H,2,4,6,8H2,1H3,(H,14,15). The molecule has 0 amide bonds. The molecule has 0 heterocycles. The first kappa shape index (κ1) is 11.0. The zero-order chi connectivity index (χ0) is 11.5. The Morgan fingerprint density at radius 2 is 2.38 bits per heavy atom. The van der Waals surface area contributed by atoms with E-state index >= 15 is 0 Å². The van der Waals surface area contributed by atoms with E-state index in [0.29, 0.717) is 0 Å². The predicted molar refractivity (Wildman–Crippen MR) is 60.9 cm³/mol. The molecule has 0 saturated carbocycles. The summed E-state index contributed by atoms with van der Waals surface area (Å²) in [7, 11) is 1.66. The van der Waals surface area contributed by atoms with Crippen molar-refractivity contribution in [2.75, 3.05) is 7.11 Å². The second kappa shape index (κ2) is 4.56. The van der Waals surface area contributed by atoms with Crippen LogP contribution in [0.1, 0.15) is 36.3 Å². The van der Waals surface area contributed by atoms with Gasteiger partial charge < -0.3 is 9.84 Å². The van der Waals surface area contributed by atoms with E-state index in [0.717, 1.165) is 30.6 Å². The molecule has 0 aromatic heterocycles. The van der Waals surface area contributed by atoms with Gasteiger partial charge in [-0.2, -0.15) is 0 Å². The number of methoxy groups -OCH3 is 1. The maximum absolute atomic E-state index is 10.8. The average Bonchev–Trinajstić information content (AvgIpc) is 2.28. The van der Waals surface area contributed by atoms with Crippen LogP contribution in [0.2, 0.25) is 0 Å². The molecule has 1 aliphatic rings. The summed E-state index contributed by atoms with van der Waals surface area (Å²) in [5, 5.41) is 8.89. The number of fused-ring (bicyclic) bond motifs is 1. The minimum atomic E-state index is -0.722. The number of ether oxygens (including phenoxy) is 1. The summed E-state index contributed by atoms with van der Waals surface area (Å²) < 4.78 is 5.32. The molecule has 3 nitrogen and oxygen atoms in total. The molecule has 0 fully saturated rings. The van der Waals surface area contributed by atoms with Gasteiger partial charge in [-0.1, -0.05) is 12.1 Å². The van der Waals surface area contributed by atoms with E-state index in [1.54, 1.807) is 7.11 Å². The molecule has 0 saturated heterocycles. The van der Waals surface area contributed by atoms with Gasteiger partial charge in [0, 0.05) is 0 Å². The van der Waals surface area contributed by atoms with E-state index in [1.807, 2.05) is 18.2 Å². The maximum atomic E-state index is 10.8. The topological polar surface area (TPSA) is 46.5 Å². The number of benzene rings is 1. The number of hydrogen-bond acceptors (Lipinski definition) is 2. The molecule has 0 radical (unpaired) electrons. The van der Waals surface area contributed by atoms with E-state index in [9.17, 15) is 4.79 Å². The number of aliphatic carboxylic acids is 1. The molecule has 86 valence electrons. The van der Waals surface area contributed by atoms with Gasteiger partial charge in [-0.05, 0) is 42.4 Å². The van der Waals surface area contributed by atoms with Gasteiger partial charge in [0.05, 0.1) is 13.5 Å². The summed E-state index contributed by atoms with van der Waals surface area (Å²) in [6.45, 7) is 0. The zero-order valence-corrected chi connectivity index (χ0v) is 9.40. The highest BCUT2D eigenvalue weighted by Crippen LogP contribution is 2.38. The average molecular weight is 220 g/mol. The van der Waals surface area contributed by atoms with Crippen LogP contribution in [0, 0.1) is 0 Å². The molecule has 3 heteroatoms. The number of carboxylic acids is 1. The summed E-state index contributed by atoms with van der Waals surface area (Å²) in [5.74, 6) is 0.324. The molecule has 1 N–H and O–H groups in total. The highest BCUT2D eigenvalue weighted by Gasteiger charge is 2.24. The van der Waals surface area contributed by atoms with Crippen LogP contribution < -0.4 is 4.74 Å². The molecular formula is C13H16O3. The van der Waals surface area contributed by atoms with E-state index < -0.39 is 5.97 Å². The third-order valence-electron chi connectivity index (χ3n) is 3.23. The highest BCUT2D eigenvalue weighted by atomic mass is 16.5. The van der Waals surface area contributed by atoms with Gasteiger partial charge in [0.1, 0.15) is 5.75 Å². The third kappa shape index (κ3) is 2.03. The Balaban J connectivity index is 2.35. The van der Waals surface area contributed by atoms with Crippen LogP contribution in [0.3, 0.4) is 0 Å². The Bertz CT molecular complexity index is 398. The molecule has 0 spiro atoms. The van der Waals surface area contributed by atoms with E-state index in [2.05, 4.69) is 0 Å². The van der Waals surface area contributed by atoms with Gasteiger partial charge in [-0.25, -0.2) is 0 Å². The SMILES string of the molecule is COc1cccc2c1CCCC2CC(=O)O. The van der Waals surface area contributed by atoms with Crippen molar-refractivity contribution in [3.8, 4) is 5.75 Å². The van der Waals surface area contributed by atoms with Gasteiger partial charge in [-0.15, -0.1) is 0 Å². The van der Waals surface area contributed by atoms with E-state index in [-0.39, 0.29) is 12.3 Å². The summed E-state index contributed by atoms with van der Waals surface area (Å²) in [6, 6.07) is 5.92. The molecule has 1 aromatic rings. The lowest BCUT2D eigenvalue weighted by molar-refractivity contribution is -0.137. The highest BCUT2D eigenvalue weighted by molar-refractivity contribution is 5.68. The Hall–Kier alpha value is -1.51. The Kier molecular flexibility index (Phi) is 3.13. The summed E-state index contributed by atoms with van der Waals surface area (Å²) in [5.41, 5.74) is 2.36. The molecule has 0 aliphatic heterocycles. The van der Waals surface area contributed by atoms with Gasteiger partial charge in [-0.3, -0.25) is 4.79 Å². The van der Waals surface area contributed by atoms with Crippen molar-refractivity contribution >= 4 is 5.97 Å². The fourth-order valence-corrected chi connectivity index (χ4v) is 2.53. The Labute approximate surface area is 95.0 Å². The van der Waals surface area contributed by atoms with Gasteiger partial charge in [0.25, 0.3) is 0 Å². The normalized spacial score (nSPS) is 18.9. The first-order valence-electron chi connectivity index (χ1n) is 5.60. The predicted octanol–water partition coefficient (Wildman–Crippen LogP) is 2.59. The number of hydrogen-bond donors (Lipinski definition) is 1. The summed E-state index contributed by atoms with van der Waals surface area (Å²) >= 11 is 0. The van der Waals surface area contributed by atoms with Crippen molar-refractivity contribution in [1.29, 1.82) is 0 Å². The number of rotatable bonds is 3. The number of carboxylic acid groups (broad SMARTS) is 1. The van der Waals surface area contributed by atoms with Gasteiger partial charge in [0.2, 0.25) is 0 Å². The minimum Gasteiger partial charge on any atom is -0.496 e. The molecule has 1 atom stereocenters. The molecule has 1 aromatic carbocycles. The largest absolute Gasteiger partial charge is 0.496 e. The third-order valence-corrected chi connectivity index (χ3v) is 3.23. The molecular weight excluding hydrogens is 204 g/mol. The minimum absolute atomic E-state index is 0.149. The van der Waals surface area contributed by atoms with Crippen molar-refractivity contribution in [2.24, 2.45) is 0 Å². The van der Waals surface area contributed by atoms with Crippen LogP contribution in [0.4, 0.5) is 0 Å². The molecule has 0 bridgehead atoms. The maximum Gasteiger partial charge on any atom is 0.303 e. The van der Waals surface area contributed by atoms with Gasteiger partial charge >= 0.3 is 5.97 Å². The van der Waals surface area contributed by atoms with Crippen LogP contribution in [0.25, 0.3) is 0 Å². The fraction of sp³-hybridized carbons (Fsp3) is 0.462. The molecule has 16 heavy (non-hydrogen) atoms. The van der Waals surface area contributed by atoms with Crippen LogP contribution in [-0.2, 0) is 11.2 Å². The lowest BCUT2D eigenvalue weighted by Gasteiger charge is -2.25. The monoisotopic (exact) mass is 220 g/mol. The van der Waals surface area contributed by atoms with Crippen LogP contribution in [0.15, 0.2) is 18.2 Å². The molecule has 1 unspecified atom stereocenters. The molecule has 2 rings (SSSR count). The van der Waals surface area contributed by atoms with Crippen molar-refractivity contribution in [3.63, 3.8) is 0 Å². The smallest absolute Gasteiger partial charge is 0.303 e. The summed E-state index contributed by atoms with van der Waals surface area (Å²) in [6.07, 6.45) is 3.23. The van der Waals surface area contributed by atoms with Crippen molar-refractivity contribution in [2.45, 2.75) is 31.6 Å². The van der Waals surface area contributed by atoms with Crippen LogP contribution in [-0.4, -0.2) is 18.2 Å². The lowest BCUT2D eigenvalue weighted by Crippen LogP contribution is -2.14. The lowest BCUT2D eigenvalue weighted by atomic mass is 9.81. The molecule has 1 aliphatic carbocycles. The van der Waals surface area contributed by atoms with Crippen molar-refractivity contribution in [3.05, 3.63) is 29.3 Å². The number of carbonyl (C=O) groups is 1. The Morgan fingerprint density at radius 3 is 3.06 bits per heavy atom. The Morgan fingerprint density at radius 1 is 1.56 bits per heavy atom. The van der Waals surface area contributed by atoms with Crippen molar-refractivity contribution < 1.29 is 14.6 Å². The van der Waals surface area contributed by atoms with E-state index in [4.69, 9.17) is 9.84 Å². The fourth-order valence-electron chi connectivity index (χ4n) is 2.53. The van der Waals surface area contributed by atoms with Crippen LogP contribution >= 0.6 is 0 Å². The zero-order valence-electron chi connectivity index (χ0n) is 9.40. The van der Waals surface area contributed by atoms with E-state index in [1.165, 1.54) is 5.56 Å². The van der Waals surface area contributed by atoms with Crippen LogP contribution in [0.5, 0.6) is 5.75 Å². The second-order valence-electron chi connectivity index (χ2n) is 4.22. The van der Waals surface area contributed by atoms with Crippen molar-refractivity contribution in [1.82, 2.24) is 0 Å².